The van der Waals surface area contributed by atoms with E-state index >= 15 is 0 Å². The molecule has 0 aliphatic carbocycles. The number of ether oxygens (including phenoxy) is 1. The first-order valence-electron chi connectivity index (χ1n) is 14.6. The Hall–Kier alpha value is -3.00. The molecule has 0 spiro atoms. The molecule has 2 atom stereocenters. The van der Waals surface area contributed by atoms with Gasteiger partial charge < -0.3 is 14.6 Å². The summed E-state index contributed by atoms with van der Waals surface area (Å²) in [6.45, 7) is 9.16. The van der Waals surface area contributed by atoms with E-state index in [1.54, 1.807) is 30.7 Å². The highest BCUT2D eigenvalue weighted by Crippen LogP contribution is 2.31. The fraction of sp³-hybridized carbons (Fsp3) is 0.438. The smallest absolute Gasteiger partial charge is 0.252 e. The predicted octanol–water partition coefficient (Wildman–Crippen LogP) is 6.51. The number of carbonyl (C=O) groups is 1. The molecule has 230 valence electrons. The highest BCUT2D eigenvalue weighted by Gasteiger charge is 2.32. The first-order chi connectivity index (χ1) is 20.8. The Morgan fingerprint density at radius 2 is 1.95 bits per heavy atom. The number of hydrazine groups is 1. The molecule has 1 unspecified atom stereocenters. The van der Waals surface area contributed by atoms with Crippen molar-refractivity contribution in [2.45, 2.75) is 58.9 Å². The molecule has 2 N–H and O–H groups in total. The summed E-state index contributed by atoms with van der Waals surface area (Å²) in [5.74, 6) is -0.424. The predicted molar refractivity (Wildman–Crippen MR) is 176 cm³/mol. The maximum Gasteiger partial charge on any atom is 0.252 e. The molecule has 1 aromatic heterocycles. The lowest BCUT2D eigenvalue weighted by molar-refractivity contribution is -0.131. The van der Waals surface area contributed by atoms with Gasteiger partial charge in [0.05, 0.1) is 39.6 Å². The van der Waals surface area contributed by atoms with Crippen LogP contribution < -0.4 is 10.7 Å². The Labute approximate surface area is 270 Å². The van der Waals surface area contributed by atoms with E-state index < -0.39 is 5.92 Å². The normalized spacial score (nSPS) is 12.4. The van der Waals surface area contributed by atoms with E-state index in [0.717, 1.165) is 30.4 Å². The number of amides is 1. The van der Waals surface area contributed by atoms with Crippen LogP contribution in [0, 0.1) is 17.2 Å². The van der Waals surface area contributed by atoms with Crippen LogP contribution in [0.15, 0.2) is 55.0 Å². The van der Waals surface area contributed by atoms with Gasteiger partial charge in [0.25, 0.3) is 5.91 Å². The minimum atomic E-state index is -0.684. The Kier molecular flexibility index (Phi) is 14.4. The van der Waals surface area contributed by atoms with Gasteiger partial charge in [-0.15, -0.1) is 0 Å². The molecule has 1 amide bonds. The zero-order chi connectivity index (χ0) is 31.2. The first-order valence-corrected chi connectivity index (χ1v) is 15.8. The Morgan fingerprint density at radius 1 is 1.19 bits per heavy atom. The van der Waals surface area contributed by atoms with Gasteiger partial charge in [-0.05, 0) is 73.6 Å². The fourth-order valence-electron chi connectivity index (χ4n) is 4.50. The third-order valence-electron chi connectivity index (χ3n) is 7.26. The minimum Gasteiger partial charge on any atom is -0.382 e. The standard InChI is InChI=1S/C32H40Cl2N6O2S/c1-4-23(3)14-16-38-40(32(43)37-15-7-17-42-5-2)31(41)27(18-26-8-6-9-28(33)30(26)34)29-20-36-22-39(29)21-25-12-10-24(19-35)11-13-25/h6,8-13,20,22-23,27,38H,4-5,7,14-18,21H2,1-3H3,(H,37,43)/t23-,27?/m0/s1. The Morgan fingerprint density at radius 3 is 2.65 bits per heavy atom. The molecule has 43 heavy (non-hydrogen) atoms. The Bertz CT molecular complexity index is 1370. The van der Waals surface area contributed by atoms with Crippen molar-refractivity contribution in [3.05, 3.63) is 87.4 Å². The van der Waals surface area contributed by atoms with Gasteiger partial charge in [0.2, 0.25) is 0 Å². The summed E-state index contributed by atoms with van der Waals surface area (Å²) in [5.41, 5.74) is 6.31. The van der Waals surface area contributed by atoms with Crippen LogP contribution in [0.1, 0.15) is 68.3 Å². The van der Waals surface area contributed by atoms with Gasteiger partial charge in [0, 0.05) is 39.0 Å². The van der Waals surface area contributed by atoms with Crippen molar-refractivity contribution < 1.29 is 9.53 Å². The number of nitriles is 1. The van der Waals surface area contributed by atoms with Crippen LogP contribution in [0.5, 0.6) is 0 Å². The van der Waals surface area contributed by atoms with Gasteiger partial charge in [-0.1, -0.05) is 67.7 Å². The zero-order valence-corrected chi connectivity index (χ0v) is 27.3. The second kappa shape index (κ2) is 18.0. The monoisotopic (exact) mass is 642 g/mol. The molecule has 0 aliphatic rings. The third kappa shape index (κ3) is 10.3. The molecule has 8 nitrogen and oxygen atoms in total. The van der Waals surface area contributed by atoms with Crippen molar-refractivity contribution in [3.63, 3.8) is 0 Å². The quantitative estimate of drug-likeness (QED) is 0.104. The van der Waals surface area contributed by atoms with E-state index in [9.17, 15) is 10.1 Å². The van der Waals surface area contributed by atoms with E-state index in [2.05, 4.69) is 35.6 Å². The van der Waals surface area contributed by atoms with E-state index in [4.69, 9.17) is 40.2 Å². The molecular formula is C32H40Cl2N6O2S. The van der Waals surface area contributed by atoms with Crippen LogP contribution in [-0.2, 0) is 22.5 Å². The fourth-order valence-corrected chi connectivity index (χ4v) is 5.16. The van der Waals surface area contributed by atoms with E-state index in [1.165, 1.54) is 5.01 Å². The molecule has 0 bridgehead atoms. The van der Waals surface area contributed by atoms with Gasteiger partial charge in [0.15, 0.2) is 5.11 Å². The molecule has 0 fully saturated rings. The summed E-state index contributed by atoms with van der Waals surface area (Å²) in [7, 11) is 0. The maximum absolute atomic E-state index is 14.5. The van der Waals surface area contributed by atoms with Crippen LogP contribution in [-0.4, -0.2) is 51.9 Å². The largest absolute Gasteiger partial charge is 0.382 e. The van der Waals surface area contributed by atoms with Gasteiger partial charge in [-0.25, -0.2) is 15.4 Å². The van der Waals surface area contributed by atoms with Crippen molar-refractivity contribution in [3.8, 4) is 6.07 Å². The SMILES string of the molecule is CCOCCCNC(=S)N(NCC[C@@H](C)CC)C(=O)C(Cc1cccc(Cl)c1Cl)c1cncn1Cc1ccc(C#N)cc1. The minimum absolute atomic E-state index is 0.232. The number of imidazole rings is 1. The van der Waals surface area contributed by atoms with Crippen LogP contribution in [0.25, 0.3) is 0 Å². The van der Waals surface area contributed by atoms with Gasteiger partial charge >= 0.3 is 0 Å². The number of hydrogen-bond acceptors (Lipinski definition) is 6. The Balaban J connectivity index is 1.95. The van der Waals surface area contributed by atoms with E-state index in [1.807, 2.05) is 35.8 Å². The molecule has 0 saturated heterocycles. The number of hydrogen-bond donors (Lipinski definition) is 2. The lowest BCUT2D eigenvalue weighted by atomic mass is 9.95. The van der Waals surface area contributed by atoms with Crippen LogP contribution in [0.3, 0.4) is 0 Å². The number of nitrogens with zero attached hydrogens (tertiary/aromatic N) is 4. The highest BCUT2D eigenvalue weighted by molar-refractivity contribution is 7.80. The van der Waals surface area contributed by atoms with Crippen LogP contribution in [0.4, 0.5) is 0 Å². The summed E-state index contributed by atoms with van der Waals surface area (Å²) in [4.78, 5) is 18.9. The molecule has 2 aromatic carbocycles. The molecule has 3 rings (SSSR count). The van der Waals surface area contributed by atoms with Crippen molar-refractivity contribution in [2.24, 2.45) is 5.92 Å². The van der Waals surface area contributed by atoms with Crippen molar-refractivity contribution >= 4 is 46.4 Å². The number of halogens is 2. The van der Waals surface area contributed by atoms with Crippen molar-refractivity contribution in [2.75, 3.05) is 26.3 Å². The molecular weight excluding hydrogens is 603 g/mol. The van der Waals surface area contributed by atoms with Gasteiger partial charge in [-0.2, -0.15) is 5.26 Å². The van der Waals surface area contributed by atoms with E-state index in [0.29, 0.717) is 65.2 Å². The summed E-state index contributed by atoms with van der Waals surface area (Å²) in [6.07, 6.45) is 6.38. The maximum atomic E-state index is 14.5. The van der Waals surface area contributed by atoms with Gasteiger partial charge in [0.1, 0.15) is 0 Å². The summed E-state index contributed by atoms with van der Waals surface area (Å²) >= 11 is 18.7. The van der Waals surface area contributed by atoms with Gasteiger partial charge in [-0.3, -0.25) is 4.79 Å². The number of carbonyl (C=O) groups excluding carboxylic acids is 1. The summed E-state index contributed by atoms with van der Waals surface area (Å²) < 4.78 is 7.39. The average molecular weight is 644 g/mol. The molecule has 0 aliphatic heterocycles. The van der Waals surface area contributed by atoms with Crippen molar-refractivity contribution in [1.82, 2.24) is 25.3 Å². The average Bonchev–Trinajstić information content (AvgIpc) is 3.47. The first kappa shape index (κ1) is 34.5. The third-order valence-corrected chi connectivity index (χ3v) is 8.45. The molecule has 3 aromatic rings. The number of aromatic nitrogens is 2. The van der Waals surface area contributed by atoms with Crippen LogP contribution >= 0.6 is 35.4 Å². The summed E-state index contributed by atoms with van der Waals surface area (Å²) in [5, 5.41) is 15.0. The second-order valence-electron chi connectivity index (χ2n) is 10.4. The number of benzene rings is 2. The zero-order valence-electron chi connectivity index (χ0n) is 25.0. The molecule has 0 saturated carbocycles. The second-order valence-corrected chi connectivity index (χ2v) is 11.6. The topological polar surface area (TPSA) is 95.2 Å². The highest BCUT2D eigenvalue weighted by atomic mass is 35.5. The van der Waals surface area contributed by atoms with E-state index in [-0.39, 0.29) is 12.3 Å². The van der Waals surface area contributed by atoms with Crippen molar-refractivity contribution in [1.29, 1.82) is 5.26 Å². The number of rotatable bonds is 16. The molecule has 1 heterocycles. The molecule has 11 heteroatoms. The lowest BCUT2D eigenvalue weighted by Crippen LogP contribution is -2.54. The lowest BCUT2D eigenvalue weighted by Gasteiger charge is -2.29. The molecule has 0 radical (unpaired) electrons. The summed E-state index contributed by atoms with van der Waals surface area (Å²) in [6, 6.07) is 14.9. The van der Waals surface area contributed by atoms with Crippen LogP contribution in [0.2, 0.25) is 10.0 Å². The number of nitrogens with one attached hydrogen (secondary N) is 2. The number of thiocarbonyl (C=S) groups is 1.